The third kappa shape index (κ3) is 5.15. The summed E-state index contributed by atoms with van der Waals surface area (Å²) >= 11 is 3.56. The van der Waals surface area contributed by atoms with Gasteiger partial charge in [0.25, 0.3) is 0 Å². The Hall–Kier alpha value is -1.37. The summed E-state index contributed by atoms with van der Waals surface area (Å²) in [6.45, 7) is 2.82. The van der Waals surface area contributed by atoms with Crippen molar-refractivity contribution < 1.29 is 9.47 Å². The molecule has 1 N–H and O–H groups in total. The molecule has 0 radical (unpaired) electrons. The standard InChI is InChI=1S/C15H20BrN3O2/c1-19-10-12(8-18-19)11-21-14-3-4-15(16)13(7-14)9-17-5-6-20-2/h3-4,7-8,10,17H,5-6,9,11H2,1-2H3. The fourth-order valence-corrected chi connectivity index (χ4v) is 2.27. The summed E-state index contributed by atoms with van der Waals surface area (Å²) in [6.07, 6.45) is 3.76. The zero-order valence-electron chi connectivity index (χ0n) is 12.3. The number of methoxy groups -OCH3 is 1. The van der Waals surface area contributed by atoms with Gasteiger partial charge in [-0.15, -0.1) is 0 Å². The molecule has 0 saturated carbocycles. The molecule has 1 aromatic carbocycles. The van der Waals surface area contributed by atoms with Gasteiger partial charge in [0, 0.05) is 43.5 Å². The number of halogens is 1. The molecule has 0 bridgehead atoms. The van der Waals surface area contributed by atoms with E-state index < -0.39 is 0 Å². The second-order valence-electron chi connectivity index (χ2n) is 4.73. The molecule has 2 aromatic rings. The van der Waals surface area contributed by atoms with Gasteiger partial charge in [-0.3, -0.25) is 4.68 Å². The van der Waals surface area contributed by atoms with Crippen LogP contribution >= 0.6 is 15.9 Å². The normalized spacial score (nSPS) is 10.8. The molecule has 114 valence electrons. The van der Waals surface area contributed by atoms with Crippen molar-refractivity contribution in [3.05, 3.63) is 46.2 Å². The van der Waals surface area contributed by atoms with Gasteiger partial charge in [0.1, 0.15) is 12.4 Å². The van der Waals surface area contributed by atoms with Gasteiger partial charge in [0.2, 0.25) is 0 Å². The fourth-order valence-electron chi connectivity index (χ4n) is 1.89. The minimum Gasteiger partial charge on any atom is -0.489 e. The van der Waals surface area contributed by atoms with Crippen molar-refractivity contribution in [3.63, 3.8) is 0 Å². The highest BCUT2D eigenvalue weighted by atomic mass is 79.9. The molecule has 0 saturated heterocycles. The van der Waals surface area contributed by atoms with Crippen LogP contribution in [0.5, 0.6) is 5.75 Å². The smallest absolute Gasteiger partial charge is 0.120 e. The Labute approximate surface area is 133 Å². The van der Waals surface area contributed by atoms with E-state index in [2.05, 4.69) is 26.3 Å². The number of ether oxygens (including phenoxy) is 2. The van der Waals surface area contributed by atoms with Crippen molar-refractivity contribution >= 4 is 15.9 Å². The minimum atomic E-state index is 0.520. The monoisotopic (exact) mass is 353 g/mol. The van der Waals surface area contributed by atoms with E-state index in [0.717, 1.165) is 34.4 Å². The van der Waals surface area contributed by atoms with Crippen LogP contribution in [0.25, 0.3) is 0 Å². The van der Waals surface area contributed by atoms with Gasteiger partial charge in [-0.1, -0.05) is 15.9 Å². The molecule has 0 unspecified atom stereocenters. The third-order valence-corrected chi connectivity index (χ3v) is 3.75. The van der Waals surface area contributed by atoms with Crippen LogP contribution in [0.4, 0.5) is 0 Å². The highest BCUT2D eigenvalue weighted by molar-refractivity contribution is 9.10. The van der Waals surface area contributed by atoms with E-state index in [0.29, 0.717) is 13.2 Å². The van der Waals surface area contributed by atoms with Gasteiger partial charge in [0.15, 0.2) is 0 Å². The Balaban J connectivity index is 1.91. The van der Waals surface area contributed by atoms with Crippen molar-refractivity contribution in [2.75, 3.05) is 20.3 Å². The van der Waals surface area contributed by atoms with Gasteiger partial charge >= 0.3 is 0 Å². The average Bonchev–Trinajstić information content (AvgIpc) is 2.89. The summed E-state index contributed by atoms with van der Waals surface area (Å²) in [5.41, 5.74) is 2.22. The van der Waals surface area contributed by atoms with Crippen LogP contribution in [0.15, 0.2) is 35.1 Å². The minimum absolute atomic E-state index is 0.520. The second kappa shape index (κ2) is 8.17. The number of hydrogen-bond acceptors (Lipinski definition) is 4. The zero-order valence-corrected chi connectivity index (χ0v) is 13.9. The molecule has 2 rings (SSSR count). The van der Waals surface area contributed by atoms with Gasteiger partial charge in [0.05, 0.1) is 12.8 Å². The van der Waals surface area contributed by atoms with Gasteiger partial charge < -0.3 is 14.8 Å². The van der Waals surface area contributed by atoms with Crippen molar-refractivity contribution in [3.8, 4) is 5.75 Å². The van der Waals surface area contributed by atoms with E-state index in [1.807, 2.05) is 37.6 Å². The summed E-state index contributed by atoms with van der Waals surface area (Å²) in [6, 6.07) is 6.01. The average molecular weight is 354 g/mol. The molecule has 5 nitrogen and oxygen atoms in total. The first kappa shape index (κ1) is 16.0. The van der Waals surface area contributed by atoms with Crippen LogP contribution in [0.1, 0.15) is 11.1 Å². The molecular weight excluding hydrogens is 334 g/mol. The number of aryl methyl sites for hydroxylation is 1. The van der Waals surface area contributed by atoms with Crippen LogP contribution in [-0.4, -0.2) is 30.0 Å². The summed E-state index contributed by atoms with van der Waals surface area (Å²) < 4.78 is 13.7. The van der Waals surface area contributed by atoms with Crippen LogP contribution in [-0.2, 0) is 24.9 Å². The highest BCUT2D eigenvalue weighted by Gasteiger charge is 2.04. The first-order valence-corrected chi connectivity index (χ1v) is 7.56. The summed E-state index contributed by atoms with van der Waals surface area (Å²) in [5.74, 6) is 0.852. The Morgan fingerprint density at radius 3 is 2.95 bits per heavy atom. The molecule has 1 aromatic heterocycles. The fraction of sp³-hybridized carbons (Fsp3) is 0.400. The lowest BCUT2D eigenvalue weighted by molar-refractivity contribution is 0.199. The molecule has 6 heteroatoms. The van der Waals surface area contributed by atoms with E-state index in [-0.39, 0.29) is 0 Å². The summed E-state index contributed by atoms with van der Waals surface area (Å²) in [5, 5.41) is 7.45. The van der Waals surface area contributed by atoms with Crippen LogP contribution in [0, 0.1) is 0 Å². The molecule has 21 heavy (non-hydrogen) atoms. The summed E-state index contributed by atoms with van der Waals surface area (Å²) in [4.78, 5) is 0. The van der Waals surface area contributed by atoms with E-state index in [9.17, 15) is 0 Å². The van der Waals surface area contributed by atoms with E-state index in [1.165, 1.54) is 0 Å². The van der Waals surface area contributed by atoms with E-state index in [1.54, 1.807) is 11.8 Å². The molecule has 0 aliphatic rings. The third-order valence-electron chi connectivity index (χ3n) is 2.98. The quantitative estimate of drug-likeness (QED) is 0.740. The largest absolute Gasteiger partial charge is 0.489 e. The summed E-state index contributed by atoms with van der Waals surface area (Å²) in [7, 11) is 3.59. The molecule has 0 aliphatic heterocycles. The highest BCUT2D eigenvalue weighted by Crippen LogP contribution is 2.23. The number of benzene rings is 1. The molecule has 0 fully saturated rings. The first-order valence-electron chi connectivity index (χ1n) is 6.77. The number of aromatic nitrogens is 2. The van der Waals surface area contributed by atoms with Crippen molar-refractivity contribution in [1.29, 1.82) is 0 Å². The maximum atomic E-state index is 5.80. The first-order chi connectivity index (χ1) is 10.2. The molecule has 0 atom stereocenters. The molecule has 0 amide bonds. The number of rotatable bonds is 8. The SMILES string of the molecule is COCCNCc1cc(OCc2cnn(C)c2)ccc1Br. The lowest BCUT2D eigenvalue weighted by Gasteiger charge is -2.10. The van der Waals surface area contributed by atoms with Crippen molar-refractivity contribution in [2.24, 2.45) is 7.05 Å². The predicted molar refractivity (Wildman–Crippen MR) is 85.3 cm³/mol. The second-order valence-corrected chi connectivity index (χ2v) is 5.59. The number of nitrogens with zero attached hydrogens (tertiary/aromatic N) is 2. The van der Waals surface area contributed by atoms with E-state index in [4.69, 9.17) is 9.47 Å². The molecule has 1 heterocycles. The van der Waals surface area contributed by atoms with Gasteiger partial charge in [-0.2, -0.15) is 5.10 Å². The zero-order chi connectivity index (χ0) is 15.1. The van der Waals surface area contributed by atoms with Crippen LogP contribution in [0.2, 0.25) is 0 Å². The maximum Gasteiger partial charge on any atom is 0.120 e. The molecule has 0 spiro atoms. The molecular formula is C15H20BrN3O2. The van der Waals surface area contributed by atoms with E-state index >= 15 is 0 Å². The Kier molecular flexibility index (Phi) is 6.22. The Bertz CT molecular complexity index is 572. The van der Waals surface area contributed by atoms with Crippen LogP contribution < -0.4 is 10.1 Å². The predicted octanol–water partition coefficient (Wildman–Crippen LogP) is 2.50. The number of nitrogens with one attached hydrogen (secondary N) is 1. The van der Waals surface area contributed by atoms with Crippen molar-refractivity contribution in [2.45, 2.75) is 13.2 Å². The van der Waals surface area contributed by atoms with Crippen LogP contribution in [0.3, 0.4) is 0 Å². The van der Waals surface area contributed by atoms with Gasteiger partial charge in [-0.25, -0.2) is 0 Å². The lowest BCUT2D eigenvalue weighted by Crippen LogP contribution is -2.18. The molecule has 0 aliphatic carbocycles. The van der Waals surface area contributed by atoms with Gasteiger partial charge in [-0.05, 0) is 23.8 Å². The number of hydrogen-bond donors (Lipinski definition) is 1. The van der Waals surface area contributed by atoms with Crippen molar-refractivity contribution in [1.82, 2.24) is 15.1 Å². The Morgan fingerprint density at radius 2 is 2.24 bits per heavy atom. The lowest BCUT2D eigenvalue weighted by atomic mass is 10.2. The Morgan fingerprint density at radius 1 is 1.38 bits per heavy atom. The maximum absolute atomic E-state index is 5.80. The topological polar surface area (TPSA) is 48.3 Å².